The fraction of sp³-hybridized carbons (Fsp3) is 0.417. The summed E-state index contributed by atoms with van der Waals surface area (Å²) in [5.74, 6) is 0.967. The van der Waals surface area contributed by atoms with Crippen molar-refractivity contribution in [3.05, 3.63) is 28.3 Å². The van der Waals surface area contributed by atoms with Crippen LogP contribution in [0.1, 0.15) is 22.3 Å². The molecule has 0 radical (unpaired) electrons. The third-order valence-corrected chi connectivity index (χ3v) is 3.62. The first-order chi connectivity index (χ1) is 8.63. The molecule has 0 unspecified atom stereocenters. The van der Waals surface area contributed by atoms with Crippen molar-refractivity contribution in [1.82, 2.24) is 14.8 Å². The first kappa shape index (κ1) is 12.8. The van der Waals surface area contributed by atoms with Crippen LogP contribution in [-0.2, 0) is 6.54 Å². The minimum Gasteiger partial charge on any atom is -0.496 e. The molecule has 1 aromatic heterocycles. The van der Waals surface area contributed by atoms with E-state index >= 15 is 0 Å². The van der Waals surface area contributed by atoms with Crippen LogP contribution in [0.3, 0.4) is 0 Å². The molecule has 0 aliphatic carbocycles. The Morgan fingerprint density at radius 1 is 1.28 bits per heavy atom. The number of rotatable bonds is 4. The van der Waals surface area contributed by atoms with E-state index in [1.54, 1.807) is 7.11 Å². The second-order valence-corrected chi connectivity index (χ2v) is 4.89. The fourth-order valence-electron chi connectivity index (χ4n) is 2.01. The summed E-state index contributed by atoms with van der Waals surface area (Å²) in [6.45, 7) is 6.96. The Bertz CT molecular complexity index is 540. The van der Waals surface area contributed by atoms with Crippen LogP contribution in [0.5, 0.6) is 5.75 Å². The van der Waals surface area contributed by atoms with Gasteiger partial charge in [-0.1, -0.05) is 15.7 Å². The van der Waals surface area contributed by atoms with Gasteiger partial charge in [0.05, 0.1) is 7.11 Å². The molecular formula is C12H16N4OS. The number of nitrogens with one attached hydrogen (secondary N) is 1. The summed E-state index contributed by atoms with van der Waals surface area (Å²) >= 11 is 1.26. The summed E-state index contributed by atoms with van der Waals surface area (Å²) in [6, 6.07) is 2.14. The molecule has 1 aromatic carbocycles. The van der Waals surface area contributed by atoms with E-state index in [0.29, 0.717) is 6.54 Å². The van der Waals surface area contributed by atoms with Crippen LogP contribution in [0.25, 0.3) is 0 Å². The van der Waals surface area contributed by atoms with Crippen molar-refractivity contribution in [2.45, 2.75) is 27.3 Å². The molecule has 0 atom stereocenters. The number of hydrogen-bond donors (Lipinski definition) is 1. The molecule has 0 bridgehead atoms. The van der Waals surface area contributed by atoms with Gasteiger partial charge < -0.3 is 10.1 Å². The molecule has 1 N–H and O–H groups in total. The number of nitrogens with zero attached hydrogens (tertiary/aromatic N) is 3. The topological polar surface area (TPSA) is 59.9 Å². The SMILES string of the molecule is COc1c(C)cc(CNc2nnns2)c(C)c1C. The highest BCUT2D eigenvalue weighted by atomic mass is 32.1. The summed E-state index contributed by atoms with van der Waals surface area (Å²) < 4.78 is 9.13. The predicted molar refractivity (Wildman–Crippen MR) is 72.2 cm³/mol. The summed E-state index contributed by atoms with van der Waals surface area (Å²) in [7, 11) is 1.71. The van der Waals surface area contributed by atoms with Crippen molar-refractivity contribution in [3.63, 3.8) is 0 Å². The minimum atomic E-state index is 0.717. The van der Waals surface area contributed by atoms with E-state index in [0.717, 1.165) is 16.4 Å². The zero-order valence-electron chi connectivity index (χ0n) is 10.9. The Morgan fingerprint density at radius 3 is 2.67 bits per heavy atom. The van der Waals surface area contributed by atoms with Gasteiger partial charge in [0.1, 0.15) is 5.75 Å². The van der Waals surface area contributed by atoms with E-state index in [4.69, 9.17) is 4.74 Å². The van der Waals surface area contributed by atoms with Crippen LogP contribution in [0.2, 0.25) is 0 Å². The number of methoxy groups -OCH3 is 1. The Balaban J connectivity index is 2.23. The highest BCUT2D eigenvalue weighted by Gasteiger charge is 2.10. The maximum atomic E-state index is 5.41. The summed E-state index contributed by atoms with van der Waals surface area (Å²) in [6.07, 6.45) is 0. The zero-order valence-corrected chi connectivity index (χ0v) is 11.8. The van der Waals surface area contributed by atoms with Crippen LogP contribution in [-0.4, -0.2) is 21.9 Å². The number of benzene rings is 1. The van der Waals surface area contributed by atoms with Gasteiger partial charge >= 0.3 is 0 Å². The number of aryl methyl sites for hydroxylation is 1. The molecule has 6 heteroatoms. The van der Waals surface area contributed by atoms with E-state index in [1.807, 2.05) is 0 Å². The number of hydrogen-bond acceptors (Lipinski definition) is 6. The lowest BCUT2D eigenvalue weighted by Crippen LogP contribution is -2.04. The van der Waals surface area contributed by atoms with Gasteiger partial charge in [-0.25, -0.2) is 0 Å². The average molecular weight is 264 g/mol. The van der Waals surface area contributed by atoms with E-state index in [1.165, 1.54) is 28.2 Å². The minimum absolute atomic E-state index is 0.717. The van der Waals surface area contributed by atoms with Crippen LogP contribution in [0.4, 0.5) is 5.13 Å². The zero-order chi connectivity index (χ0) is 13.1. The molecule has 96 valence electrons. The highest BCUT2D eigenvalue weighted by Crippen LogP contribution is 2.28. The van der Waals surface area contributed by atoms with Crippen LogP contribution >= 0.6 is 11.5 Å². The van der Waals surface area contributed by atoms with Gasteiger partial charge in [-0.15, -0.1) is 0 Å². The van der Waals surface area contributed by atoms with Crippen LogP contribution < -0.4 is 10.1 Å². The molecule has 0 aliphatic heterocycles. The third kappa shape index (κ3) is 2.43. The molecule has 0 saturated heterocycles. The molecule has 0 aliphatic rings. The largest absolute Gasteiger partial charge is 0.496 e. The monoisotopic (exact) mass is 264 g/mol. The second kappa shape index (κ2) is 5.30. The molecule has 0 spiro atoms. The second-order valence-electron chi connectivity index (χ2n) is 4.16. The predicted octanol–water partition coefficient (Wildman–Crippen LogP) is 2.48. The van der Waals surface area contributed by atoms with Crippen molar-refractivity contribution < 1.29 is 4.74 Å². The maximum absolute atomic E-state index is 5.41. The number of aromatic nitrogens is 3. The molecule has 2 rings (SSSR count). The lowest BCUT2D eigenvalue weighted by molar-refractivity contribution is 0.408. The molecule has 0 fully saturated rings. The van der Waals surface area contributed by atoms with Gasteiger partial charge in [-0.2, -0.15) is 0 Å². The van der Waals surface area contributed by atoms with Crippen molar-refractivity contribution in [2.24, 2.45) is 0 Å². The van der Waals surface area contributed by atoms with E-state index in [9.17, 15) is 0 Å². The highest BCUT2D eigenvalue weighted by molar-refractivity contribution is 7.09. The van der Waals surface area contributed by atoms with Crippen molar-refractivity contribution in [1.29, 1.82) is 0 Å². The lowest BCUT2D eigenvalue weighted by Gasteiger charge is -2.15. The van der Waals surface area contributed by atoms with Crippen molar-refractivity contribution in [3.8, 4) is 5.75 Å². The number of ether oxygens (including phenoxy) is 1. The molecule has 5 nitrogen and oxygen atoms in total. The first-order valence-corrected chi connectivity index (χ1v) is 6.43. The molecule has 0 saturated carbocycles. The molecular weight excluding hydrogens is 248 g/mol. The van der Waals surface area contributed by atoms with Gasteiger partial charge in [0, 0.05) is 18.1 Å². The quantitative estimate of drug-likeness (QED) is 0.919. The molecule has 1 heterocycles. The van der Waals surface area contributed by atoms with E-state index in [2.05, 4.69) is 47.0 Å². The lowest BCUT2D eigenvalue weighted by atomic mass is 9.98. The smallest absolute Gasteiger partial charge is 0.225 e. The van der Waals surface area contributed by atoms with E-state index in [-0.39, 0.29) is 0 Å². The van der Waals surface area contributed by atoms with Gasteiger partial charge in [0.15, 0.2) is 0 Å². The van der Waals surface area contributed by atoms with Gasteiger partial charge in [0.2, 0.25) is 5.13 Å². The third-order valence-electron chi connectivity index (χ3n) is 3.07. The summed E-state index contributed by atoms with van der Waals surface area (Å²) in [5.41, 5.74) is 4.81. The number of anilines is 1. The van der Waals surface area contributed by atoms with Crippen molar-refractivity contribution >= 4 is 16.7 Å². The molecule has 18 heavy (non-hydrogen) atoms. The van der Waals surface area contributed by atoms with Crippen LogP contribution in [0.15, 0.2) is 6.07 Å². The fourth-order valence-corrected chi connectivity index (χ4v) is 2.37. The van der Waals surface area contributed by atoms with Gasteiger partial charge in [-0.3, -0.25) is 0 Å². The average Bonchev–Trinajstić information content (AvgIpc) is 2.86. The molecule has 0 amide bonds. The van der Waals surface area contributed by atoms with Gasteiger partial charge in [0.25, 0.3) is 0 Å². The molecule has 2 aromatic rings. The first-order valence-electron chi connectivity index (χ1n) is 5.66. The van der Waals surface area contributed by atoms with Crippen LogP contribution in [0, 0.1) is 20.8 Å². The summed E-state index contributed by atoms with van der Waals surface area (Å²) in [5, 5.41) is 11.4. The Morgan fingerprint density at radius 2 is 2.06 bits per heavy atom. The normalized spacial score (nSPS) is 10.4. The Hall–Kier alpha value is -1.69. The standard InChI is InChI=1S/C12H16N4OS/c1-7-5-10(6-13-12-14-15-16-18-12)8(2)9(3)11(7)17-4/h5H,6H2,1-4H3,(H,13,14,16). The van der Waals surface area contributed by atoms with Gasteiger partial charge in [-0.05, 0) is 48.2 Å². The summed E-state index contributed by atoms with van der Waals surface area (Å²) in [4.78, 5) is 0. The van der Waals surface area contributed by atoms with E-state index < -0.39 is 0 Å². The Labute approximate surface area is 110 Å². The van der Waals surface area contributed by atoms with Crippen molar-refractivity contribution in [2.75, 3.05) is 12.4 Å². The maximum Gasteiger partial charge on any atom is 0.225 e. The Kier molecular flexibility index (Phi) is 3.76.